The molecule has 1 unspecified atom stereocenters. The van der Waals surface area contributed by atoms with Gasteiger partial charge in [0.15, 0.2) is 6.29 Å². The molecule has 0 saturated carbocycles. The van der Waals surface area contributed by atoms with Gasteiger partial charge in [-0.05, 0) is 30.4 Å². The van der Waals surface area contributed by atoms with Crippen molar-refractivity contribution in [2.75, 3.05) is 32.7 Å². The van der Waals surface area contributed by atoms with Crippen LogP contribution in [0.1, 0.15) is 28.8 Å². The summed E-state index contributed by atoms with van der Waals surface area (Å²) in [6.07, 6.45) is 2.42. The van der Waals surface area contributed by atoms with Crippen molar-refractivity contribution >= 4 is 40.4 Å². The number of aldehydes is 1. The van der Waals surface area contributed by atoms with E-state index in [1.165, 1.54) is 11.3 Å². The summed E-state index contributed by atoms with van der Waals surface area (Å²) >= 11 is 1.51. The highest BCUT2D eigenvalue weighted by Crippen LogP contribution is 2.34. The molecule has 0 spiro atoms. The van der Waals surface area contributed by atoms with Crippen molar-refractivity contribution in [2.45, 2.75) is 25.6 Å². The number of carboxylic acid groups (broad SMARTS) is 1. The molecule has 0 bridgehead atoms. The Bertz CT molecular complexity index is 1220. The summed E-state index contributed by atoms with van der Waals surface area (Å²) in [5.41, 5.74) is 2.12. The van der Waals surface area contributed by atoms with E-state index < -0.39 is 12.1 Å². The number of thiophene rings is 1. The van der Waals surface area contributed by atoms with Crippen LogP contribution >= 0.6 is 11.3 Å². The summed E-state index contributed by atoms with van der Waals surface area (Å²) in [6, 6.07) is 11.1. The topological polar surface area (TPSA) is 94.1 Å². The highest BCUT2D eigenvalue weighted by molar-refractivity contribution is 7.13. The normalized spacial score (nSPS) is 18.5. The van der Waals surface area contributed by atoms with Crippen LogP contribution < -0.4 is 0 Å². The highest BCUT2D eigenvalue weighted by Gasteiger charge is 2.35. The summed E-state index contributed by atoms with van der Waals surface area (Å²) < 4.78 is 0. The van der Waals surface area contributed by atoms with Crippen LogP contribution in [-0.4, -0.2) is 81.8 Å². The summed E-state index contributed by atoms with van der Waals surface area (Å²) in [7, 11) is 0. The second kappa shape index (κ2) is 9.61. The van der Waals surface area contributed by atoms with E-state index in [2.05, 4.69) is 4.90 Å². The maximum Gasteiger partial charge on any atom is 0.336 e. The zero-order valence-electron chi connectivity index (χ0n) is 18.7. The van der Waals surface area contributed by atoms with Gasteiger partial charge in [0, 0.05) is 43.7 Å². The smallest absolute Gasteiger partial charge is 0.336 e. The van der Waals surface area contributed by atoms with Crippen LogP contribution in [0.25, 0.3) is 21.5 Å². The molecule has 3 aromatic rings. The minimum Gasteiger partial charge on any atom is -0.478 e. The van der Waals surface area contributed by atoms with Crippen LogP contribution in [0.2, 0.25) is 0 Å². The number of likely N-dealkylation sites (tertiary alicyclic amines) is 1. The van der Waals surface area contributed by atoms with Crippen LogP contribution in [0.4, 0.5) is 0 Å². The van der Waals surface area contributed by atoms with Gasteiger partial charge in [-0.15, -0.1) is 11.3 Å². The van der Waals surface area contributed by atoms with E-state index in [-0.39, 0.29) is 18.0 Å². The Hall–Kier alpha value is -3.14. The molecule has 1 N–H and O–H groups in total. The van der Waals surface area contributed by atoms with Gasteiger partial charge >= 0.3 is 5.97 Å². The molecule has 2 fully saturated rings. The highest BCUT2D eigenvalue weighted by atomic mass is 32.1. The lowest BCUT2D eigenvalue weighted by Crippen LogP contribution is -2.58. The third-order valence-corrected chi connectivity index (χ3v) is 7.51. The van der Waals surface area contributed by atoms with Crippen LogP contribution in [0, 0.1) is 0 Å². The predicted octanol–water partition coefficient (Wildman–Crippen LogP) is 2.93. The first-order valence-electron chi connectivity index (χ1n) is 11.5. The monoisotopic (exact) mass is 478 g/mol. The number of aromatic carboxylic acids is 1. The van der Waals surface area contributed by atoms with E-state index >= 15 is 0 Å². The number of carbonyl (C=O) groups is 3. The van der Waals surface area contributed by atoms with E-state index in [1.807, 2.05) is 40.6 Å². The van der Waals surface area contributed by atoms with Crippen LogP contribution in [0.15, 0.2) is 41.8 Å². The van der Waals surface area contributed by atoms with Gasteiger partial charge in [-0.25, -0.2) is 9.78 Å². The molecule has 0 aliphatic carbocycles. The molecule has 9 heteroatoms. The maximum absolute atomic E-state index is 13.1. The van der Waals surface area contributed by atoms with Gasteiger partial charge < -0.3 is 10.0 Å². The number of hydrogen-bond donors (Lipinski definition) is 1. The number of carboxylic acids is 1. The molecule has 4 heterocycles. The predicted molar refractivity (Wildman–Crippen MR) is 130 cm³/mol. The molecule has 34 heavy (non-hydrogen) atoms. The lowest BCUT2D eigenvalue weighted by atomic mass is 9.98. The molecular weight excluding hydrogens is 452 g/mol. The third-order valence-electron chi connectivity index (χ3n) is 6.64. The molecule has 0 radical (unpaired) electrons. The number of piperazine rings is 1. The van der Waals surface area contributed by atoms with Crippen molar-refractivity contribution in [2.24, 2.45) is 0 Å². The fourth-order valence-electron chi connectivity index (χ4n) is 5.00. The molecule has 2 aliphatic heterocycles. The van der Waals surface area contributed by atoms with Gasteiger partial charge in [0.1, 0.15) is 6.17 Å². The summed E-state index contributed by atoms with van der Waals surface area (Å²) in [5, 5.41) is 12.7. The van der Waals surface area contributed by atoms with Crippen molar-refractivity contribution in [3.05, 3.63) is 52.9 Å². The Labute approximate surface area is 201 Å². The fraction of sp³-hybridized carbons (Fsp3) is 0.360. The first-order valence-corrected chi connectivity index (χ1v) is 12.3. The van der Waals surface area contributed by atoms with E-state index in [0.29, 0.717) is 41.8 Å². The zero-order valence-corrected chi connectivity index (χ0v) is 19.5. The van der Waals surface area contributed by atoms with Crippen LogP contribution in [0.3, 0.4) is 0 Å². The molecule has 1 amide bonds. The number of pyridine rings is 1. The van der Waals surface area contributed by atoms with Crippen molar-refractivity contribution in [1.29, 1.82) is 0 Å². The van der Waals surface area contributed by atoms with Crippen molar-refractivity contribution in [3.8, 4) is 10.6 Å². The maximum atomic E-state index is 13.1. The standard InChI is InChI=1S/C25H26N4O4S/c30-16-21(28-9-3-4-10-28)29-12-11-27(15-22(29)31)14-18-23(25(32)33)17-6-1-2-7-19(17)26-24(18)20-8-5-13-34-20/h1-2,5-8,13,16,21H,3-4,9-12,14-15H2,(H,32,33). The Morgan fingerprint density at radius 3 is 2.59 bits per heavy atom. The molecular formula is C25H26N4O4S. The van der Waals surface area contributed by atoms with E-state index in [4.69, 9.17) is 4.98 Å². The van der Waals surface area contributed by atoms with E-state index in [0.717, 1.165) is 37.1 Å². The van der Waals surface area contributed by atoms with Crippen LogP contribution in [-0.2, 0) is 16.1 Å². The van der Waals surface area contributed by atoms with Gasteiger partial charge in [0.2, 0.25) is 5.91 Å². The molecule has 2 aliphatic rings. The first-order chi connectivity index (χ1) is 16.6. The van der Waals surface area contributed by atoms with Gasteiger partial charge in [-0.2, -0.15) is 0 Å². The minimum absolute atomic E-state index is 0.112. The summed E-state index contributed by atoms with van der Waals surface area (Å²) in [6.45, 7) is 3.06. The number of benzene rings is 1. The summed E-state index contributed by atoms with van der Waals surface area (Å²) in [4.78, 5) is 48.7. The average Bonchev–Trinajstić information content (AvgIpc) is 3.55. The summed E-state index contributed by atoms with van der Waals surface area (Å²) in [5.74, 6) is -1.12. The Kier molecular flexibility index (Phi) is 6.40. The average molecular weight is 479 g/mol. The minimum atomic E-state index is -1.01. The van der Waals surface area contributed by atoms with Gasteiger partial charge in [-0.3, -0.25) is 19.4 Å². The fourth-order valence-corrected chi connectivity index (χ4v) is 5.74. The first kappa shape index (κ1) is 22.6. The number of fused-ring (bicyclic) bond motifs is 1. The second-order valence-corrected chi connectivity index (χ2v) is 9.65. The lowest BCUT2D eigenvalue weighted by Gasteiger charge is -2.40. The molecule has 1 atom stereocenters. The molecule has 5 rings (SSSR count). The number of nitrogens with zero attached hydrogens (tertiary/aromatic N) is 4. The molecule has 2 saturated heterocycles. The molecule has 1 aromatic carbocycles. The molecule has 8 nitrogen and oxygen atoms in total. The largest absolute Gasteiger partial charge is 0.478 e. The molecule has 176 valence electrons. The number of para-hydroxylation sites is 1. The van der Waals surface area contributed by atoms with Crippen LogP contribution in [0.5, 0.6) is 0 Å². The SMILES string of the molecule is O=CC(N1CCCC1)N1CCN(Cc2c(-c3cccs3)nc3ccccc3c2C(=O)O)CC1=O. The zero-order chi connectivity index (χ0) is 23.7. The molecule has 2 aromatic heterocycles. The van der Waals surface area contributed by atoms with Crippen molar-refractivity contribution < 1.29 is 19.5 Å². The second-order valence-electron chi connectivity index (χ2n) is 8.70. The Morgan fingerprint density at radius 2 is 1.91 bits per heavy atom. The third kappa shape index (κ3) is 4.22. The van der Waals surface area contributed by atoms with Crippen molar-refractivity contribution in [1.82, 2.24) is 19.7 Å². The number of carbonyl (C=O) groups excluding carboxylic acids is 2. The lowest BCUT2D eigenvalue weighted by molar-refractivity contribution is -0.146. The van der Waals surface area contributed by atoms with E-state index in [9.17, 15) is 19.5 Å². The Balaban J connectivity index is 1.46. The van der Waals surface area contributed by atoms with Crippen molar-refractivity contribution in [3.63, 3.8) is 0 Å². The van der Waals surface area contributed by atoms with Gasteiger partial charge in [0.25, 0.3) is 0 Å². The van der Waals surface area contributed by atoms with E-state index in [1.54, 1.807) is 11.0 Å². The quantitative estimate of drug-likeness (QED) is 0.522. The Morgan fingerprint density at radius 1 is 1.12 bits per heavy atom. The number of aromatic nitrogens is 1. The number of rotatable bonds is 7. The number of hydrogen-bond acceptors (Lipinski definition) is 7. The van der Waals surface area contributed by atoms with Gasteiger partial charge in [-0.1, -0.05) is 24.3 Å². The number of amides is 1. The van der Waals surface area contributed by atoms with Gasteiger partial charge in [0.05, 0.1) is 28.2 Å².